The number of rotatable bonds is 4. The first kappa shape index (κ1) is 14.2. The first-order valence-electron chi connectivity index (χ1n) is 7.14. The predicted molar refractivity (Wildman–Crippen MR) is 81.4 cm³/mol. The van der Waals surface area contributed by atoms with E-state index in [1.165, 1.54) is 0 Å². The third-order valence-corrected chi connectivity index (χ3v) is 3.38. The summed E-state index contributed by atoms with van der Waals surface area (Å²) in [5, 5.41) is 13.2. The van der Waals surface area contributed by atoms with Gasteiger partial charge in [0.25, 0.3) is 5.91 Å². The van der Waals surface area contributed by atoms with Gasteiger partial charge in [0.15, 0.2) is 6.10 Å². The van der Waals surface area contributed by atoms with Crippen molar-refractivity contribution in [3.63, 3.8) is 0 Å². The quantitative estimate of drug-likeness (QED) is 0.906. The number of H-pyrrole nitrogens is 1. The fourth-order valence-electron chi connectivity index (χ4n) is 2.12. The maximum absolute atomic E-state index is 12.2. The molecular formula is C15H17N5O2. The molecule has 2 aromatic rings. The standard InChI is InChI=1S/C15H17N5O2/c1-9(2)13-16-15(19-18-13)17-14(21)11-8-12(22-20-11)10-6-4-3-5-7-10/h3-7,9,12H,8H2,1-2H3,(H2,16,17,18,19,21). The molecular weight excluding hydrogens is 282 g/mol. The zero-order valence-corrected chi connectivity index (χ0v) is 12.4. The van der Waals surface area contributed by atoms with Crippen LogP contribution in [0, 0.1) is 0 Å². The highest BCUT2D eigenvalue weighted by Gasteiger charge is 2.27. The molecule has 114 valence electrons. The van der Waals surface area contributed by atoms with Crippen LogP contribution in [-0.4, -0.2) is 26.8 Å². The Hall–Kier alpha value is -2.70. The number of carbonyl (C=O) groups is 1. The van der Waals surface area contributed by atoms with Gasteiger partial charge in [0.05, 0.1) is 0 Å². The van der Waals surface area contributed by atoms with E-state index in [2.05, 4.69) is 25.7 Å². The Morgan fingerprint density at radius 1 is 1.36 bits per heavy atom. The molecule has 0 fully saturated rings. The number of nitrogens with one attached hydrogen (secondary N) is 2. The lowest BCUT2D eigenvalue weighted by Crippen LogP contribution is -2.22. The summed E-state index contributed by atoms with van der Waals surface area (Å²) in [6, 6.07) is 9.69. The maximum atomic E-state index is 12.2. The molecule has 2 N–H and O–H groups in total. The minimum Gasteiger partial charge on any atom is -0.387 e. The normalized spacial score (nSPS) is 17.2. The lowest BCUT2D eigenvalue weighted by atomic mass is 10.0. The van der Waals surface area contributed by atoms with Crippen molar-refractivity contribution in [3.05, 3.63) is 41.7 Å². The van der Waals surface area contributed by atoms with Crippen molar-refractivity contribution >= 4 is 17.6 Å². The van der Waals surface area contributed by atoms with E-state index >= 15 is 0 Å². The van der Waals surface area contributed by atoms with Crippen LogP contribution in [0.1, 0.15) is 43.7 Å². The van der Waals surface area contributed by atoms with Crippen LogP contribution in [0.25, 0.3) is 0 Å². The molecule has 2 heterocycles. The molecule has 0 spiro atoms. The van der Waals surface area contributed by atoms with Crippen LogP contribution >= 0.6 is 0 Å². The van der Waals surface area contributed by atoms with Crippen LogP contribution in [0.2, 0.25) is 0 Å². The zero-order chi connectivity index (χ0) is 15.5. The molecule has 22 heavy (non-hydrogen) atoms. The van der Waals surface area contributed by atoms with Crippen LogP contribution < -0.4 is 5.32 Å². The second-order valence-electron chi connectivity index (χ2n) is 5.40. The molecule has 1 aromatic heterocycles. The molecule has 1 aliphatic heterocycles. The van der Waals surface area contributed by atoms with Crippen molar-refractivity contribution in [2.75, 3.05) is 5.32 Å². The Morgan fingerprint density at radius 2 is 2.14 bits per heavy atom. The first-order valence-corrected chi connectivity index (χ1v) is 7.14. The summed E-state index contributed by atoms with van der Waals surface area (Å²) in [5.41, 5.74) is 1.33. The summed E-state index contributed by atoms with van der Waals surface area (Å²) in [6.07, 6.45) is 0.206. The molecule has 0 bridgehead atoms. The second-order valence-corrected chi connectivity index (χ2v) is 5.40. The SMILES string of the molecule is CC(C)c1nc(NC(=O)C2=NOC(c3ccccc3)C2)n[nH]1. The highest BCUT2D eigenvalue weighted by molar-refractivity contribution is 6.43. The molecule has 0 radical (unpaired) electrons. The Morgan fingerprint density at radius 3 is 2.82 bits per heavy atom. The fourth-order valence-corrected chi connectivity index (χ4v) is 2.12. The fraction of sp³-hybridized carbons (Fsp3) is 0.333. The van der Waals surface area contributed by atoms with Crippen molar-refractivity contribution < 1.29 is 9.63 Å². The van der Waals surface area contributed by atoms with Gasteiger partial charge in [-0.05, 0) is 5.56 Å². The molecule has 0 aliphatic carbocycles. The molecule has 1 atom stereocenters. The van der Waals surface area contributed by atoms with Gasteiger partial charge in [0, 0.05) is 12.3 Å². The summed E-state index contributed by atoms with van der Waals surface area (Å²) in [5.74, 6) is 0.849. The number of aromatic nitrogens is 3. The predicted octanol–water partition coefficient (Wildman–Crippen LogP) is 2.38. The number of carbonyl (C=O) groups excluding carboxylic acids is 1. The highest BCUT2D eigenvalue weighted by Crippen LogP contribution is 2.27. The summed E-state index contributed by atoms with van der Waals surface area (Å²) < 4.78 is 0. The van der Waals surface area contributed by atoms with Crippen molar-refractivity contribution in [3.8, 4) is 0 Å². The number of hydrogen-bond acceptors (Lipinski definition) is 5. The number of nitrogens with zero attached hydrogens (tertiary/aromatic N) is 3. The molecule has 0 saturated heterocycles. The van der Waals surface area contributed by atoms with Crippen LogP contribution in [0.15, 0.2) is 35.5 Å². The summed E-state index contributed by atoms with van der Waals surface area (Å²) in [6.45, 7) is 3.98. The second kappa shape index (κ2) is 5.97. The van der Waals surface area contributed by atoms with Crippen molar-refractivity contribution in [1.29, 1.82) is 0 Å². The molecule has 3 rings (SSSR count). The zero-order valence-electron chi connectivity index (χ0n) is 12.4. The third-order valence-electron chi connectivity index (χ3n) is 3.38. The molecule has 1 unspecified atom stereocenters. The van der Waals surface area contributed by atoms with E-state index in [1.807, 2.05) is 44.2 Å². The van der Waals surface area contributed by atoms with Gasteiger partial charge >= 0.3 is 0 Å². The van der Waals surface area contributed by atoms with E-state index in [0.29, 0.717) is 12.1 Å². The molecule has 7 nitrogen and oxygen atoms in total. The van der Waals surface area contributed by atoms with Crippen LogP contribution in [-0.2, 0) is 9.63 Å². The minimum atomic E-state index is -0.340. The number of oxime groups is 1. The van der Waals surface area contributed by atoms with Crippen LogP contribution in [0.5, 0.6) is 0 Å². The van der Waals surface area contributed by atoms with E-state index in [9.17, 15) is 4.79 Å². The number of aromatic amines is 1. The summed E-state index contributed by atoms with van der Waals surface area (Å²) in [4.78, 5) is 21.7. The summed E-state index contributed by atoms with van der Waals surface area (Å²) >= 11 is 0. The molecule has 7 heteroatoms. The minimum absolute atomic E-state index is 0.216. The van der Waals surface area contributed by atoms with Gasteiger partial charge in [-0.3, -0.25) is 15.2 Å². The van der Waals surface area contributed by atoms with Gasteiger partial charge in [-0.2, -0.15) is 4.98 Å². The smallest absolute Gasteiger partial charge is 0.276 e. The molecule has 1 amide bonds. The molecule has 1 aromatic carbocycles. The Bertz CT molecular complexity index is 693. The number of hydrogen-bond donors (Lipinski definition) is 2. The van der Waals surface area contributed by atoms with Crippen LogP contribution in [0.4, 0.5) is 5.95 Å². The topological polar surface area (TPSA) is 92.3 Å². The van der Waals surface area contributed by atoms with Gasteiger partial charge in [-0.25, -0.2) is 0 Å². The molecule has 0 saturated carbocycles. The average molecular weight is 299 g/mol. The average Bonchev–Trinajstić information content (AvgIpc) is 3.17. The van der Waals surface area contributed by atoms with E-state index in [-0.39, 0.29) is 23.9 Å². The van der Waals surface area contributed by atoms with Gasteiger partial charge in [-0.1, -0.05) is 49.3 Å². The van der Waals surface area contributed by atoms with E-state index in [1.54, 1.807) is 0 Å². The van der Waals surface area contributed by atoms with E-state index in [4.69, 9.17) is 4.84 Å². The van der Waals surface area contributed by atoms with E-state index in [0.717, 1.165) is 11.4 Å². The van der Waals surface area contributed by atoms with Gasteiger partial charge in [0.2, 0.25) is 5.95 Å². The van der Waals surface area contributed by atoms with Crippen LogP contribution in [0.3, 0.4) is 0 Å². The lowest BCUT2D eigenvalue weighted by Gasteiger charge is -2.07. The Balaban J connectivity index is 1.61. The number of benzene rings is 1. The number of anilines is 1. The van der Waals surface area contributed by atoms with Gasteiger partial charge in [0.1, 0.15) is 11.5 Å². The first-order chi connectivity index (χ1) is 10.6. The number of amides is 1. The maximum Gasteiger partial charge on any atom is 0.276 e. The monoisotopic (exact) mass is 299 g/mol. The van der Waals surface area contributed by atoms with Crippen molar-refractivity contribution in [2.45, 2.75) is 32.3 Å². The summed E-state index contributed by atoms with van der Waals surface area (Å²) in [7, 11) is 0. The van der Waals surface area contributed by atoms with Gasteiger partial charge in [-0.15, -0.1) is 5.10 Å². The van der Waals surface area contributed by atoms with Crippen molar-refractivity contribution in [1.82, 2.24) is 15.2 Å². The Kier molecular flexibility index (Phi) is 3.86. The van der Waals surface area contributed by atoms with Gasteiger partial charge < -0.3 is 4.84 Å². The van der Waals surface area contributed by atoms with Crippen molar-refractivity contribution in [2.24, 2.45) is 5.16 Å². The largest absolute Gasteiger partial charge is 0.387 e. The van der Waals surface area contributed by atoms with E-state index < -0.39 is 0 Å². The lowest BCUT2D eigenvalue weighted by molar-refractivity contribution is -0.110. The third kappa shape index (κ3) is 2.98. The highest BCUT2D eigenvalue weighted by atomic mass is 16.6. The molecule has 1 aliphatic rings. The Labute approximate surface area is 127 Å².